The van der Waals surface area contributed by atoms with E-state index in [2.05, 4.69) is 26.5 Å². The Hall–Kier alpha value is -2.96. The zero-order chi connectivity index (χ0) is 17.4. The third-order valence-corrected chi connectivity index (χ3v) is 4.69. The molecule has 0 saturated carbocycles. The number of anilines is 1. The maximum Gasteiger partial charge on any atom is 0.254 e. The molecule has 1 saturated heterocycles. The highest BCUT2D eigenvalue weighted by Gasteiger charge is 2.31. The smallest absolute Gasteiger partial charge is 0.254 e. The average Bonchev–Trinajstić information content (AvgIpc) is 3.29. The number of H-pyrrole nitrogens is 1. The summed E-state index contributed by atoms with van der Waals surface area (Å²) < 4.78 is 0. The van der Waals surface area contributed by atoms with Crippen LogP contribution in [0.15, 0.2) is 36.5 Å². The Morgan fingerprint density at radius 3 is 2.88 bits per heavy atom. The SMILES string of the molecule is CN(C)c1cc(C2CCCN2C(=O)c2ccc3n[nH]nc3c2)ccn1. The van der Waals surface area contributed by atoms with Crippen LogP contribution >= 0.6 is 0 Å². The Balaban J connectivity index is 1.64. The molecule has 1 N–H and O–H groups in total. The summed E-state index contributed by atoms with van der Waals surface area (Å²) in [6.45, 7) is 0.764. The summed E-state index contributed by atoms with van der Waals surface area (Å²) in [5.74, 6) is 0.941. The van der Waals surface area contributed by atoms with Crippen LogP contribution in [0.2, 0.25) is 0 Å². The number of carbonyl (C=O) groups excluding carboxylic acids is 1. The van der Waals surface area contributed by atoms with Gasteiger partial charge in [0.1, 0.15) is 16.9 Å². The molecule has 4 rings (SSSR count). The van der Waals surface area contributed by atoms with Crippen LogP contribution in [-0.2, 0) is 0 Å². The van der Waals surface area contributed by atoms with Gasteiger partial charge in [0, 0.05) is 32.4 Å². The minimum absolute atomic E-state index is 0.0376. The lowest BCUT2D eigenvalue weighted by Gasteiger charge is -2.26. The molecule has 1 aliphatic heterocycles. The van der Waals surface area contributed by atoms with Gasteiger partial charge in [-0.3, -0.25) is 4.79 Å². The summed E-state index contributed by atoms with van der Waals surface area (Å²) in [6.07, 6.45) is 3.78. The second-order valence-electron chi connectivity index (χ2n) is 6.53. The molecular formula is C18H20N6O. The van der Waals surface area contributed by atoms with E-state index in [0.29, 0.717) is 11.1 Å². The number of aromatic nitrogens is 4. The molecule has 0 spiro atoms. The Bertz CT molecular complexity index is 919. The minimum atomic E-state index is 0.0376. The van der Waals surface area contributed by atoms with Crippen molar-refractivity contribution in [3.8, 4) is 0 Å². The van der Waals surface area contributed by atoms with Crippen LogP contribution in [-0.4, -0.2) is 51.8 Å². The van der Waals surface area contributed by atoms with Gasteiger partial charge in [-0.15, -0.1) is 0 Å². The summed E-state index contributed by atoms with van der Waals surface area (Å²) >= 11 is 0. The fourth-order valence-corrected chi connectivity index (χ4v) is 3.38. The summed E-state index contributed by atoms with van der Waals surface area (Å²) in [4.78, 5) is 21.4. The largest absolute Gasteiger partial charge is 0.363 e. The molecule has 1 aromatic carbocycles. The zero-order valence-corrected chi connectivity index (χ0v) is 14.3. The average molecular weight is 336 g/mol. The number of benzene rings is 1. The van der Waals surface area contributed by atoms with E-state index < -0.39 is 0 Å². The fourth-order valence-electron chi connectivity index (χ4n) is 3.38. The summed E-state index contributed by atoms with van der Waals surface area (Å²) in [5, 5.41) is 10.7. The number of rotatable bonds is 3. The molecule has 128 valence electrons. The quantitative estimate of drug-likeness (QED) is 0.794. The van der Waals surface area contributed by atoms with E-state index in [1.165, 1.54) is 0 Å². The number of aromatic amines is 1. The van der Waals surface area contributed by atoms with Gasteiger partial charge in [0.05, 0.1) is 6.04 Å². The molecule has 3 heterocycles. The van der Waals surface area contributed by atoms with Gasteiger partial charge < -0.3 is 9.80 Å². The van der Waals surface area contributed by atoms with Crippen LogP contribution in [0.25, 0.3) is 11.0 Å². The Kier molecular flexibility index (Phi) is 3.83. The lowest BCUT2D eigenvalue weighted by Crippen LogP contribution is -2.30. The number of nitrogens with one attached hydrogen (secondary N) is 1. The van der Waals surface area contributed by atoms with Crippen molar-refractivity contribution in [1.82, 2.24) is 25.3 Å². The third-order valence-electron chi connectivity index (χ3n) is 4.69. The number of hydrogen-bond donors (Lipinski definition) is 1. The molecule has 7 heteroatoms. The molecule has 1 amide bonds. The number of fused-ring (bicyclic) bond motifs is 1. The van der Waals surface area contributed by atoms with Crippen molar-refractivity contribution >= 4 is 22.8 Å². The van der Waals surface area contributed by atoms with Crippen LogP contribution in [0.5, 0.6) is 0 Å². The molecule has 1 aliphatic rings. The number of hydrogen-bond acceptors (Lipinski definition) is 5. The van der Waals surface area contributed by atoms with Gasteiger partial charge in [-0.2, -0.15) is 15.4 Å². The maximum absolute atomic E-state index is 13.1. The first kappa shape index (κ1) is 15.6. The molecule has 2 aromatic heterocycles. The topological polar surface area (TPSA) is 78.0 Å². The van der Waals surface area contributed by atoms with Crippen molar-refractivity contribution in [3.05, 3.63) is 47.7 Å². The van der Waals surface area contributed by atoms with Crippen molar-refractivity contribution in [1.29, 1.82) is 0 Å². The number of amides is 1. The number of likely N-dealkylation sites (tertiary alicyclic amines) is 1. The second kappa shape index (κ2) is 6.16. The molecule has 3 aromatic rings. The molecule has 1 atom stereocenters. The first-order valence-corrected chi connectivity index (χ1v) is 8.38. The molecule has 1 unspecified atom stereocenters. The lowest BCUT2D eigenvalue weighted by atomic mass is 10.0. The normalized spacial score (nSPS) is 17.2. The Labute approximate surface area is 145 Å². The van der Waals surface area contributed by atoms with Gasteiger partial charge in [0.15, 0.2) is 0 Å². The van der Waals surface area contributed by atoms with Crippen molar-refractivity contribution in [2.24, 2.45) is 0 Å². The number of carbonyl (C=O) groups is 1. The Morgan fingerprint density at radius 2 is 2.04 bits per heavy atom. The van der Waals surface area contributed by atoms with E-state index >= 15 is 0 Å². The predicted molar refractivity (Wildman–Crippen MR) is 95.5 cm³/mol. The van der Waals surface area contributed by atoms with Crippen molar-refractivity contribution in [2.45, 2.75) is 18.9 Å². The standard InChI is InChI=1S/C18H20N6O/c1-23(2)17-11-12(7-8-19-17)16-4-3-9-24(16)18(25)13-5-6-14-15(10-13)21-22-20-14/h5-8,10-11,16H,3-4,9H2,1-2H3,(H,20,21,22). The molecule has 0 bridgehead atoms. The van der Waals surface area contributed by atoms with Crippen LogP contribution < -0.4 is 4.90 Å². The van der Waals surface area contributed by atoms with Crippen LogP contribution in [0.3, 0.4) is 0 Å². The van der Waals surface area contributed by atoms with E-state index in [0.717, 1.165) is 36.3 Å². The van der Waals surface area contributed by atoms with Crippen molar-refractivity contribution < 1.29 is 4.79 Å². The summed E-state index contributed by atoms with van der Waals surface area (Å²) in [5.41, 5.74) is 3.25. The third kappa shape index (κ3) is 2.82. The zero-order valence-electron chi connectivity index (χ0n) is 14.3. The van der Waals surface area contributed by atoms with Gasteiger partial charge in [-0.1, -0.05) is 0 Å². The second-order valence-corrected chi connectivity index (χ2v) is 6.53. The molecule has 0 radical (unpaired) electrons. The van der Waals surface area contributed by atoms with Crippen LogP contribution in [0, 0.1) is 0 Å². The number of pyridine rings is 1. The van der Waals surface area contributed by atoms with E-state index in [-0.39, 0.29) is 11.9 Å². The van der Waals surface area contributed by atoms with E-state index in [1.54, 1.807) is 6.07 Å². The molecule has 0 aliphatic carbocycles. The molecular weight excluding hydrogens is 316 g/mol. The fraction of sp³-hybridized carbons (Fsp3) is 0.333. The predicted octanol–water partition coefficient (Wildman–Crippen LogP) is 2.40. The molecule has 7 nitrogen and oxygen atoms in total. The van der Waals surface area contributed by atoms with E-state index in [1.807, 2.05) is 48.3 Å². The van der Waals surface area contributed by atoms with Crippen LogP contribution in [0.4, 0.5) is 5.82 Å². The van der Waals surface area contributed by atoms with E-state index in [9.17, 15) is 4.79 Å². The summed E-state index contributed by atoms with van der Waals surface area (Å²) in [6, 6.07) is 9.60. The summed E-state index contributed by atoms with van der Waals surface area (Å²) in [7, 11) is 3.94. The van der Waals surface area contributed by atoms with Crippen molar-refractivity contribution in [3.63, 3.8) is 0 Å². The molecule has 1 fully saturated rings. The van der Waals surface area contributed by atoms with Crippen molar-refractivity contribution in [2.75, 3.05) is 25.5 Å². The highest BCUT2D eigenvalue weighted by Crippen LogP contribution is 2.34. The van der Waals surface area contributed by atoms with Gasteiger partial charge in [0.25, 0.3) is 5.91 Å². The highest BCUT2D eigenvalue weighted by atomic mass is 16.2. The first-order valence-electron chi connectivity index (χ1n) is 8.38. The van der Waals surface area contributed by atoms with E-state index in [4.69, 9.17) is 0 Å². The van der Waals surface area contributed by atoms with Gasteiger partial charge in [0.2, 0.25) is 0 Å². The minimum Gasteiger partial charge on any atom is -0.363 e. The van der Waals surface area contributed by atoms with Gasteiger partial charge in [-0.25, -0.2) is 4.98 Å². The maximum atomic E-state index is 13.1. The lowest BCUT2D eigenvalue weighted by molar-refractivity contribution is 0.0736. The molecule has 25 heavy (non-hydrogen) atoms. The van der Waals surface area contributed by atoms with Crippen LogP contribution in [0.1, 0.15) is 34.8 Å². The van der Waals surface area contributed by atoms with Gasteiger partial charge in [-0.05, 0) is 48.7 Å². The van der Waals surface area contributed by atoms with Gasteiger partial charge >= 0.3 is 0 Å². The Morgan fingerprint density at radius 1 is 1.20 bits per heavy atom. The monoisotopic (exact) mass is 336 g/mol. The first-order chi connectivity index (χ1) is 12.1. The number of nitrogens with zero attached hydrogens (tertiary/aromatic N) is 5. The highest BCUT2D eigenvalue weighted by molar-refractivity contribution is 5.97.